The zero-order valence-electron chi connectivity index (χ0n) is 15.8. The summed E-state index contributed by atoms with van der Waals surface area (Å²) >= 11 is 0. The summed E-state index contributed by atoms with van der Waals surface area (Å²) in [6.07, 6.45) is 0.114. The van der Waals surface area contributed by atoms with E-state index in [9.17, 15) is 14.4 Å². The predicted octanol–water partition coefficient (Wildman–Crippen LogP) is 2.62. The molecule has 3 unspecified atom stereocenters. The van der Waals surface area contributed by atoms with Crippen molar-refractivity contribution in [1.29, 1.82) is 0 Å². The number of carbonyl (C=O) groups excluding carboxylic acids is 3. The molecule has 3 N–H and O–H groups in total. The fourth-order valence-corrected chi connectivity index (χ4v) is 3.72. The minimum atomic E-state index is -0.917. The zero-order valence-corrected chi connectivity index (χ0v) is 15.8. The number of amides is 3. The van der Waals surface area contributed by atoms with E-state index in [1.54, 1.807) is 6.07 Å². The number of urea groups is 1. The van der Waals surface area contributed by atoms with Crippen LogP contribution in [0.3, 0.4) is 0 Å². The second-order valence-corrected chi connectivity index (χ2v) is 6.85. The number of rotatable bonds is 4. The van der Waals surface area contributed by atoms with E-state index in [1.807, 2.05) is 55.5 Å². The molecule has 0 spiro atoms. The SMILES string of the molecule is COC(=O)C1CC(C(N)=O)N(C(=O)Nc2cccc(C)c2)C1c1ccccc1. The normalized spacial score (nSPS) is 21.2. The molecule has 0 radical (unpaired) electrons. The van der Waals surface area contributed by atoms with Crippen LogP contribution in [0, 0.1) is 12.8 Å². The maximum Gasteiger partial charge on any atom is 0.323 e. The fraction of sp³-hybridized carbons (Fsp3) is 0.286. The number of carbonyl (C=O) groups is 3. The number of aryl methyl sites for hydroxylation is 1. The molecule has 2 aromatic carbocycles. The van der Waals surface area contributed by atoms with E-state index >= 15 is 0 Å². The molecule has 0 aliphatic carbocycles. The Labute approximate surface area is 163 Å². The Morgan fingerprint density at radius 1 is 1.11 bits per heavy atom. The summed E-state index contributed by atoms with van der Waals surface area (Å²) in [5, 5.41) is 2.81. The number of hydrogen-bond donors (Lipinski definition) is 2. The number of esters is 1. The first kappa shape index (κ1) is 19.4. The van der Waals surface area contributed by atoms with Gasteiger partial charge in [0, 0.05) is 5.69 Å². The number of likely N-dealkylation sites (tertiary alicyclic amines) is 1. The molecule has 2 aromatic rings. The first-order chi connectivity index (χ1) is 13.4. The third-order valence-corrected chi connectivity index (χ3v) is 4.97. The van der Waals surface area contributed by atoms with Crippen LogP contribution in [0.15, 0.2) is 54.6 Å². The maximum absolute atomic E-state index is 13.1. The summed E-state index contributed by atoms with van der Waals surface area (Å²) in [4.78, 5) is 39.0. The van der Waals surface area contributed by atoms with Gasteiger partial charge in [-0.1, -0.05) is 42.5 Å². The van der Waals surface area contributed by atoms with Gasteiger partial charge < -0.3 is 20.7 Å². The Hall–Kier alpha value is -3.35. The third-order valence-electron chi connectivity index (χ3n) is 4.97. The molecule has 3 rings (SSSR count). The second kappa shape index (κ2) is 8.12. The summed E-state index contributed by atoms with van der Waals surface area (Å²) in [5.74, 6) is -1.83. The van der Waals surface area contributed by atoms with Crippen molar-refractivity contribution in [1.82, 2.24) is 4.90 Å². The molecule has 7 nitrogen and oxygen atoms in total. The first-order valence-electron chi connectivity index (χ1n) is 9.00. The van der Waals surface area contributed by atoms with E-state index < -0.39 is 35.9 Å². The van der Waals surface area contributed by atoms with Crippen LogP contribution in [-0.4, -0.2) is 36.0 Å². The van der Waals surface area contributed by atoms with Crippen molar-refractivity contribution in [2.24, 2.45) is 11.7 Å². The number of benzene rings is 2. The lowest BCUT2D eigenvalue weighted by Crippen LogP contribution is -2.46. The van der Waals surface area contributed by atoms with Crippen LogP contribution in [0.1, 0.15) is 23.6 Å². The Bertz CT molecular complexity index is 884. The van der Waals surface area contributed by atoms with E-state index in [4.69, 9.17) is 10.5 Å². The van der Waals surface area contributed by atoms with Gasteiger partial charge in [-0.2, -0.15) is 0 Å². The van der Waals surface area contributed by atoms with Gasteiger partial charge in [-0.05, 0) is 36.6 Å². The van der Waals surface area contributed by atoms with Gasteiger partial charge in [0.15, 0.2) is 0 Å². The largest absolute Gasteiger partial charge is 0.469 e. The first-order valence-corrected chi connectivity index (χ1v) is 9.00. The third kappa shape index (κ3) is 3.83. The van der Waals surface area contributed by atoms with Crippen LogP contribution in [0.2, 0.25) is 0 Å². The van der Waals surface area contributed by atoms with Crippen LogP contribution in [-0.2, 0) is 14.3 Å². The molecular weight excluding hydrogens is 358 g/mol. The van der Waals surface area contributed by atoms with Crippen LogP contribution in [0.5, 0.6) is 0 Å². The topological polar surface area (TPSA) is 102 Å². The van der Waals surface area contributed by atoms with Crippen LogP contribution in [0.25, 0.3) is 0 Å². The molecule has 1 aliphatic rings. The van der Waals surface area contributed by atoms with Gasteiger partial charge in [0.1, 0.15) is 6.04 Å². The smallest absolute Gasteiger partial charge is 0.323 e. The molecule has 28 heavy (non-hydrogen) atoms. The van der Waals surface area contributed by atoms with Gasteiger partial charge >= 0.3 is 12.0 Å². The molecule has 3 atom stereocenters. The van der Waals surface area contributed by atoms with Gasteiger partial charge in [-0.3, -0.25) is 9.59 Å². The Morgan fingerprint density at radius 2 is 1.82 bits per heavy atom. The van der Waals surface area contributed by atoms with Crippen LogP contribution >= 0.6 is 0 Å². The lowest BCUT2D eigenvalue weighted by Gasteiger charge is -2.30. The molecule has 1 aliphatic heterocycles. The van der Waals surface area contributed by atoms with E-state index in [-0.39, 0.29) is 6.42 Å². The number of ether oxygens (including phenoxy) is 1. The van der Waals surface area contributed by atoms with Crippen molar-refractivity contribution < 1.29 is 19.1 Å². The van der Waals surface area contributed by atoms with Crippen molar-refractivity contribution in [3.63, 3.8) is 0 Å². The maximum atomic E-state index is 13.1. The highest BCUT2D eigenvalue weighted by atomic mass is 16.5. The number of nitrogens with zero attached hydrogens (tertiary/aromatic N) is 1. The highest BCUT2D eigenvalue weighted by Crippen LogP contribution is 2.42. The lowest BCUT2D eigenvalue weighted by atomic mass is 9.93. The van der Waals surface area contributed by atoms with Gasteiger partial charge in [-0.15, -0.1) is 0 Å². The van der Waals surface area contributed by atoms with Crippen LogP contribution in [0.4, 0.5) is 10.5 Å². The summed E-state index contributed by atoms with van der Waals surface area (Å²) in [6, 6.07) is 14.4. The fourth-order valence-electron chi connectivity index (χ4n) is 3.72. The lowest BCUT2D eigenvalue weighted by molar-refractivity contribution is -0.146. The monoisotopic (exact) mass is 381 g/mol. The van der Waals surface area contributed by atoms with E-state index in [1.165, 1.54) is 12.0 Å². The molecule has 1 heterocycles. The zero-order chi connectivity index (χ0) is 20.3. The number of methoxy groups -OCH3 is 1. The molecule has 0 aromatic heterocycles. The molecule has 7 heteroatoms. The van der Waals surface area contributed by atoms with Gasteiger partial charge in [0.05, 0.1) is 19.1 Å². The molecular formula is C21H23N3O4. The van der Waals surface area contributed by atoms with Crippen molar-refractivity contribution in [3.05, 3.63) is 65.7 Å². The Morgan fingerprint density at radius 3 is 2.43 bits per heavy atom. The van der Waals surface area contributed by atoms with E-state index in [0.717, 1.165) is 11.1 Å². The van der Waals surface area contributed by atoms with Crippen molar-refractivity contribution in [2.45, 2.75) is 25.4 Å². The average Bonchev–Trinajstić information content (AvgIpc) is 3.09. The van der Waals surface area contributed by atoms with E-state index in [0.29, 0.717) is 5.69 Å². The number of hydrogen-bond acceptors (Lipinski definition) is 4. The number of anilines is 1. The summed E-state index contributed by atoms with van der Waals surface area (Å²) in [5.41, 5.74) is 7.89. The molecule has 146 valence electrons. The number of nitrogens with one attached hydrogen (secondary N) is 1. The molecule has 3 amide bonds. The molecule has 1 saturated heterocycles. The minimum absolute atomic E-state index is 0.114. The average molecular weight is 381 g/mol. The van der Waals surface area contributed by atoms with E-state index in [2.05, 4.69) is 5.32 Å². The summed E-state index contributed by atoms with van der Waals surface area (Å²) < 4.78 is 4.93. The number of primary amides is 1. The molecule has 0 saturated carbocycles. The van der Waals surface area contributed by atoms with Gasteiger partial charge in [0.2, 0.25) is 5.91 Å². The van der Waals surface area contributed by atoms with Crippen LogP contribution < -0.4 is 11.1 Å². The molecule has 1 fully saturated rings. The Kier molecular flexibility index (Phi) is 5.63. The standard InChI is InChI=1S/C21H23N3O4/c1-13-7-6-10-15(11-13)23-21(27)24-17(19(22)25)12-16(20(26)28-2)18(24)14-8-4-3-5-9-14/h3-11,16-18H,12H2,1-2H3,(H2,22,25)(H,23,27). The van der Waals surface area contributed by atoms with Crippen molar-refractivity contribution in [2.75, 3.05) is 12.4 Å². The molecule has 0 bridgehead atoms. The minimum Gasteiger partial charge on any atom is -0.469 e. The Balaban J connectivity index is 2.00. The summed E-state index contributed by atoms with van der Waals surface area (Å²) in [7, 11) is 1.29. The quantitative estimate of drug-likeness (QED) is 0.795. The predicted molar refractivity (Wildman–Crippen MR) is 104 cm³/mol. The second-order valence-electron chi connectivity index (χ2n) is 6.85. The van der Waals surface area contributed by atoms with Gasteiger partial charge in [-0.25, -0.2) is 4.79 Å². The highest BCUT2D eigenvalue weighted by molar-refractivity contribution is 5.95. The highest BCUT2D eigenvalue weighted by Gasteiger charge is 2.50. The summed E-state index contributed by atoms with van der Waals surface area (Å²) in [6.45, 7) is 1.91. The van der Waals surface area contributed by atoms with Crippen molar-refractivity contribution >= 4 is 23.6 Å². The number of nitrogens with two attached hydrogens (primary N) is 1. The van der Waals surface area contributed by atoms with Crippen molar-refractivity contribution in [3.8, 4) is 0 Å². The van der Waals surface area contributed by atoms with Gasteiger partial charge in [0.25, 0.3) is 0 Å².